The molecule has 0 atom stereocenters. The molecule has 2 saturated heterocycles. The molecule has 2 fully saturated rings. The Bertz CT molecular complexity index is 321. The molecule has 0 aromatic heterocycles. The predicted molar refractivity (Wildman–Crippen MR) is 52.6 cm³/mol. The molecule has 14 heavy (non-hydrogen) atoms. The Balaban J connectivity index is 2.03. The third-order valence-electron chi connectivity index (χ3n) is 3.43. The molecule has 1 N–H and O–H groups in total. The zero-order chi connectivity index (χ0) is 10.2. The smallest absolute Gasteiger partial charge is 0.220 e. The minimum absolute atomic E-state index is 0.0826. The molecule has 0 radical (unpaired) electrons. The summed E-state index contributed by atoms with van der Waals surface area (Å²) in [6.07, 6.45) is 2.85. The number of sulfone groups is 1. The van der Waals surface area contributed by atoms with E-state index in [9.17, 15) is 13.2 Å². The van der Waals surface area contributed by atoms with Gasteiger partial charge >= 0.3 is 0 Å². The maximum absolute atomic E-state index is 11.3. The van der Waals surface area contributed by atoms with E-state index in [0.717, 1.165) is 19.3 Å². The monoisotopic (exact) mass is 217 g/mol. The molecule has 4 nitrogen and oxygen atoms in total. The van der Waals surface area contributed by atoms with Crippen molar-refractivity contribution in [1.29, 1.82) is 0 Å². The molecule has 1 spiro atoms. The highest BCUT2D eigenvalue weighted by Crippen LogP contribution is 2.38. The second-order valence-corrected chi connectivity index (χ2v) is 6.73. The third kappa shape index (κ3) is 1.92. The van der Waals surface area contributed by atoms with Gasteiger partial charge in [0.1, 0.15) is 9.84 Å². The van der Waals surface area contributed by atoms with E-state index in [2.05, 4.69) is 5.32 Å². The van der Waals surface area contributed by atoms with E-state index in [1.807, 2.05) is 0 Å². The van der Waals surface area contributed by atoms with Crippen LogP contribution in [0.25, 0.3) is 0 Å². The SMILES string of the molecule is O=C1CCC2(CCS(=O)(=O)CC2)CN1. The molecular formula is C9H15NO3S. The summed E-state index contributed by atoms with van der Waals surface area (Å²) in [7, 11) is -2.78. The van der Waals surface area contributed by atoms with Gasteiger partial charge in [0.25, 0.3) is 0 Å². The molecular weight excluding hydrogens is 202 g/mol. The van der Waals surface area contributed by atoms with Gasteiger partial charge in [-0.1, -0.05) is 0 Å². The van der Waals surface area contributed by atoms with Crippen molar-refractivity contribution in [3.05, 3.63) is 0 Å². The van der Waals surface area contributed by atoms with E-state index < -0.39 is 9.84 Å². The summed E-state index contributed by atoms with van der Waals surface area (Å²) in [6, 6.07) is 0. The lowest BCUT2D eigenvalue weighted by Gasteiger charge is -2.39. The van der Waals surface area contributed by atoms with E-state index in [4.69, 9.17) is 0 Å². The van der Waals surface area contributed by atoms with Gasteiger partial charge in [-0.05, 0) is 24.7 Å². The maximum atomic E-state index is 11.3. The van der Waals surface area contributed by atoms with Crippen LogP contribution in [0.4, 0.5) is 0 Å². The van der Waals surface area contributed by atoms with Crippen LogP contribution in [-0.2, 0) is 14.6 Å². The zero-order valence-electron chi connectivity index (χ0n) is 8.08. The van der Waals surface area contributed by atoms with Gasteiger partial charge in [-0.15, -0.1) is 0 Å². The van der Waals surface area contributed by atoms with Crippen molar-refractivity contribution in [1.82, 2.24) is 5.32 Å². The van der Waals surface area contributed by atoms with E-state index in [1.165, 1.54) is 0 Å². The lowest BCUT2D eigenvalue weighted by atomic mass is 9.76. The highest BCUT2D eigenvalue weighted by Gasteiger charge is 2.39. The molecule has 1 amide bonds. The summed E-state index contributed by atoms with van der Waals surface area (Å²) < 4.78 is 22.5. The first-order valence-corrected chi connectivity index (χ1v) is 6.81. The van der Waals surface area contributed by atoms with Crippen molar-refractivity contribution in [3.8, 4) is 0 Å². The summed E-state index contributed by atoms with van der Waals surface area (Å²) in [5.74, 6) is 0.690. The first-order valence-electron chi connectivity index (χ1n) is 4.99. The molecule has 0 saturated carbocycles. The lowest BCUT2D eigenvalue weighted by molar-refractivity contribution is -0.124. The van der Waals surface area contributed by atoms with Gasteiger partial charge in [0.2, 0.25) is 5.91 Å². The van der Waals surface area contributed by atoms with Gasteiger partial charge in [-0.2, -0.15) is 0 Å². The van der Waals surface area contributed by atoms with Crippen LogP contribution in [0.1, 0.15) is 25.7 Å². The molecule has 5 heteroatoms. The highest BCUT2D eigenvalue weighted by atomic mass is 32.2. The summed E-state index contributed by atoms with van der Waals surface area (Å²) >= 11 is 0. The topological polar surface area (TPSA) is 63.2 Å². The number of rotatable bonds is 0. The van der Waals surface area contributed by atoms with E-state index in [-0.39, 0.29) is 11.3 Å². The van der Waals surface area contributed by atoms with Gasteiger partial charge in [0.15, 0.2) is 0 Å². The fourth-order valence-corrected chi connectivity index (χ4v) is 3.93. The van der Waals surface area contributed by atoms with Crippen molar-refractivity contribution in [3.63, 3.8) is 0 Å². The third-order valence-corrected chi connectivity index (χ3v) is 5.08. The standard InChI is InChI=1S/C9H15NO3S/c11-8-1-2-9(7-10-8)3-5-14(12,13)6-4-9/h1-7H2,(H,10,11). The number of hydrogen-bond acceptors (Lipinski definition) is 3. The first-order chi connectivity index (χ1) is 6.52. The highest BCUT2D eigenvalue weighted by molar-refractivity contribution is 7.91. The normalized spacial score (nSPS) is 29.9. The first kappa shape index (κ1) is 9.96. The van der Waals surface area contributed by atoms with Crippen LogP contribution in [-0.4, -0.2) is 32.4 Å². The Kier molecular flexibility index (Phi) is 2.29. The van der Waals surface area contributed by atoms with Crippen molar-refractivity contribution in [2.45, 2.75) is 25.7 Å². The molecule has 0 bridgehead atoms. The van der Waals surface area contributed by atoms with Crippen LogP contribution in [0.2, 0.25) is 0 Å². The molecule has 0 aliphatic carbocycles. The van der Waals surface area contributed by atoms with Crippen molar-refractivity contribution in [2.24, 2.45) is 5.41 Å². The molecule has 2 aliphatic heterocycles. The number of carbonyl (C=O) groups excluding carboxylic acids is 1. The molecule has 2 heterocycles. The lowest BCUT2D eigenvalue weighted by Crippen LogP contribution is -2.47. The fourth-order valence-electron chi connectivity index (χ4n) is 2.24. The Morgan fingerprint density at radius 1 is 1.14 bits per heavy atom. The fraction of sp³-hybridized carbons (Fsp3) is 0.889. The Morgan fingerprint density at radius 2 is 1.79 bits per heavy atom. The van der Waals surface area contributed by atoms with Gasteiger partial charge in [0, 0.05) is 13.0 Å². The number of hydrogen-bond donors (Lipinski definition) is 1. The molecule has 2 rings (SSSR count). The number of piperidine rings is 1. The molecule has 0 aromatic rings. The van der Waals surface area contributed by atoms with Crippen LogP contribution in [0.3, 0.4) is 0 Å². The van der Waals surface area contributed by atoms with Gasteiger partial charge < -0.3 is 5.32 Å². The Labute approximate surface area is 84.0 Å². The van der Waals surface area contributed by atoms with Crippen LogP contribution in [0.5, 0.6) is 0 Å². The van der Waals surface area contributed by atoms with E-state index >= 15 is 0 Å². The molecule has 0 unspecified atom stereocenters. The van der Waals surface area contributed by atoms with Crippen molar-refractivity contribution < 1.29 is 13.2 Å². The zero-order valence-corrected chi connectivity index (χ0v) is 8.90. The van der Waals surface area contributed by atoms with Crippen LogP contribution < -0.4 is 5.32 Å². The quantitative estimate of drug-likeness (QED) is 0.625. The van der Waals surface area contributed by atoms with E-state index in [0.29, 0.717) is 24.5 Å². The van der Waals surface area contributed by atoms with Crippen molar-refractivity contribution in [2.75, 3.05) is 18.1 Å². The summed E-state index contributed by atoms with van der Waals surface area (Å²) in [5.41, 5.74) is 0.0826. The number of carbonyl (C=O) groups is 1. The molecule has 0 aromatic carbocycles. The molecule has 2 aliphatic rings. The Morgan fingerprint density at radius 3 is 2.29 bits per heavy atom. The second-order valence-electron chi connectivity index (χ2n) is 4.43. The van der Waals surface area contributed by atoms with E-state index in [1.54, 1.807) is 0 Å². The minimum Gasteiger partial charge on any atom is -0.356 e. The second kappa shape index (κ2) is 3.22. The van der Waals surface area contributed by atoms with Gasteiger partial charge in [-0.25, -0.2) is 8.42 Å². The number of nitrogens with one attached hydrogen (secondary N) is 1. The summed E-state index contributed by atoms with van der Waals surface area (Å²) in [6.45, 7) is 0.668. The van der Waals surface area contributed by atoms with Crippen LogP contribution in [0.15, 0.2) is 0 Å². The van der Waals surface area contributed by atoms with Gasteiger partial charge in [-0.3, -0.25) is 4.79 Å². The van der Waals surface area contributed by atoms with Gasteiger partial charge in [0.05, 0.1) is 11.5 Å². The molecule has 80 valence electrons. The maximum Gasteiger partial charge on any atom is 0.220 e. The van der Waals surface area contributed by atoms with Crippen LogP contribution >= 0.6 is 0 Å². The van der Waals surface area contributed by atoms with Crippen molar-refractivity contribution >= 4 is 15.7 Å². The van der Waals surface area contributed by atoms with Crippen LogP contribution in [0, 0.1) is 5.41 Å². The summed E-state index contributed by atoms with van der Waals surface area (Å²) in [5, 5.41) is 2.84. The minimum atomic E-state index is -2.78. The Hall–Kier alpha value is -0.580. The average molecular weight is 217 g/mol. The largest absolute Gasteiger partial charge is 0.356 e. The number of amides is 1. The predicted octanol–water partition coefficient (Wildman–Crippen LogP) is 0.0914. The average Bonchev–Trinajstić information content (AvgIpc) is 2.16. The summed E-state index contributed by atoms with van der Waals surface area (Å²) in [4.78, 5) is 11.0.